The molecule has 0 aliphatic carbocycles. The van der Waals surface area contributed by atoms with E-state index in [-0.39, 0.29) is 5.56 Å². The number of piperidine rings is 1. The largest absolute Gasteiger partial charge is 0.480 e. The van der Waals surface area contributed by atoms with Gasteiger partial charge in [-0.1, -0.05) is 0 Å². The van der Waals surface area contributed by atoms with Gasteiger partial charge in [-0.25, -0.2) is 4.79 Å². The molecular formula is C13H16F3N3O3. The van der Waals surface area contributed by atoms with E-state index < -0.39 is 36.3 Å². The number of carbonyl (C=O) groups excluding carboxylic acids is 1. The summed E-state index contributed by atoms with van der Waals surface area (Å²) >= 11 is 0. The van der Waals surface area contributed by atoms with Gasteiger partial charge in [0.05, 0.1) is 0 Å². The minimum Gasteiger partial charge on any atom is -0.480 e. The van der Waals surface area contributed by atoms with Gasteiger partial charge >= 0.3 is 12.1 Å². The van der Waals surface area contributed by atoms with E-state index in [0.29, 0.717) is 25.8 Å². The third kappa shape index (κ3) is 3.40. The predicted octanol–water partition coefficient (Wildman–Crippen LogP) is 1.68. The Morgan fingerprint density at radius 1 is 1.41 bits per heavy atom. The molecule has 1 aliphatic rings. The lowest BCUT2D eigenvalue weighted by Crippen LogP contribution is -2.49. The molecule has 1 saturated heterocycles. The van der Waals surface area contributed by atoms with Crippen LogP contribution in [0.25, 0.3) is 0 Å². The first-order valence-corrected chi connectivity index (χ1v) is 6.83. The normalized spacial score (nSPS) is 19.3. The van der Waals surface area contributed by atoms with Gasteiger partial charge in [0, 0.05) is 12.7 Å². The summed E-state index contributed by atoms with van der Waals surface area (Å²) in [7, 11) is 0. The highest BCUT2D eigenvalue weighted by Gasteiger charge is 2.37. The van der Waals surface area contributed by atoms with Gasteiger partial charge in [-0.3, -0.25) is 9.48 Å². The van der Waals surface area contributed by atoms with E-state index in [0.717, 1.165) is 10.9 Å². The predicted molar refractivity (Wildman–Crippen MR) is 69.0 cm³/mol. The highest BCUT2D eigenvalue weighted by Crippen LogP contribution is 2.30. The number of rotatable bonds is 3. The number of amides is 1. The first-order valence-electron chi connectivity index (χ1n) is 6.83. The van der Waals surface area contributed by atoms with Gasteiger partial charge in [-0.15, -0.1) is 0 Å². The van der Waals surface area contributed by atoms with E-state index in [2.05, 4.69) is 5.10 Å². The molecule has 1 N–H and O–H groups in total. The third-order valence-corrected chi connectivity index (χ3v) is 3.62. The van der Waals surface area contributed by atoms with Crippen molar-refractivity contribution >= 4 is 11.9 Å². The molecular weight excluding hydrogens is 303 g/mol. The van der Waals surface area contributed by atoms with Crippen LogP contribution in [0.15, 0.2) is 6.20 Å². The third-order valence-electron chi connectivity index (χ3n) is 3.62. The zero-order valence-electron chi connectivity index (χ0n) is 11.9. The summed E-state index contributed by atoms with van der Waals surface area (Å²) < 4.78 is 38.9. The number of aromatic nitrogens is 2. The van der Waals surface area contributed by atoms with Crippen molar-refractivity contribution < 1.29 is 27.9 Å². The molecule has 1 unspecified atom stereocenters. The van der Waals surface area contributed by atoms with Gasteiger partial charge in [0.1, 0.15) is 12.6 Å². The maximum Gasteiger partial charge on any atom is 0.435 e. The van der Waals surface area contributed by atoms with Crippen LogP contribution in [-0.4, -0.2) is 44.3 Å². The Morgan fingerprint density at radius 2 is 2.09 bits per heavy atom. The highest BCUT2D eigenvalue weighted by atomic mass is 19.4. The van der Waals surface area contributed by atoms with Crippen LogP contribution in [0.5, 0.6) is 0 Å². The molecule has 6 nitrogen and oxygen atoms in total. The second-order valence-corrected chi connectivity index (χ2v) is 5.29. The van der Waals surface area contributed by atoms with Crippen molar-refractivity contribution in [1.82, 2.24) is 14.7 Å². The van der Waals surface area contributed by atoms with Crippen LogP contribution in [0, 0.1) is 6.92 Å². The molecule has 1 aromatic heterocycles. The van der Waals surface area contributed by atoms with Crippen molar-refractivity contribution in [2.75, 3.05) is 6.54 Å². The molecule has 22 heavy (non-hydrogen) atoms. The lowest BCUT2D eigenvalue weighted by Gasteiger charge is -2.32. The van der Waals surface area contributed by atoms with Gasteiger partial charge in [0.25, 0.3) is 0 Å². The van der Waals surface area contributed by atoms with Crippen LogP contribution >= 0.6 is 0 Å². The Bertz CT molecular complexity index is 583. The van der Waals surface area contributed by atoms with Crippen LogP contribution in [0.2, 0.25) is 0 Å². The van der Waals surface area contributed by atoms with Crippen molar-refractivity contribution in [1.29, 1.82) is 0 Å². The van der Waals surface area contributed by atoms with Crippen LogP contribution in [0.3, 0.4) is 0 Å². The minimum atomic E-state index is -4.58. The molecule has 1 amide bonds. The summed E-state index contributed by atoms with van der Waals surface area (Å²) in [5, 5.41) is 12.5. The van der Waals surface area contributed by atoms with Gasteiger partial charge < -0.3 is 10.0 Å². The lowest BCUT2D eigenvalue weighted by molar-refractivity contribution is -0.152. The summed E-state index contributed by atoms with van der Waals surface area (Å²) in [6.07, 6.45) is -1.69. The van der Waals surface area contributed by atoms with Crippen LogP contribution < -0.4 is 0 Å². The van der Waals surface area contributed by atoms with E-state index >= 15 is 0 Å². The smallest absolute Gasteiger partial charge is 0.435 e. The molecule has 2 rings (SSSR count). The van der Waals surface area contributed by atoms with E-state index in [1.54, 1.807) is 0 Å². The van der Waals surface area contributed by atoms with E-state index in [4.69, 9.17) is 5.11 Å². The number of carbonyl (C=O) groups is 2. The fraction of sp³-hybridized carbons (Fsp3) is 0.615. The number of nitrogens with zero attached hydrogens (tertiary/aromatic N) is 3. The monoisotopic (exact) mass is 319 g/mol. The molecule has 1 atom stereocenters. The molecule has 9 heteroatoms. The number of aryl methyl sites for hydroxylation is 1. The van der Waals surface area contributed by atoms with Crippen molar-refractivity contribution in [2.24, 2.45) is 0 Å². The second-order valence-electron chi connectivity index (χ2n) is 5.29. The van der Waals surface area contributed by atoms with Crippen LogP contribution in [0.1, 0.15) is 30.5 Å². The quantitative estimate of drug-likeness (QED) is 0.920. The Hall–Kier alpha value is -2.06. The van der Waals surface area contributed by atoms with Crippen LogP contribution in [0.4, 0.5) is 13.2 Å². The molecule has 122 valence electrons. The minimum absolute atomic E-state index is 0.0753. The summed E-state index contributed by atoms with van der Waals surface area (Å²) in [4.78, 5) is 24.5. The first kappa shape index (κ1) is 16.3. The summed E-state index contributed by atoms with van der Waals surface area (Å²) in [5.41, 5.74) is -1.11. The molecule has 1 fully saturated rings. The topological polar surface area (TPSA) is 75.4 Å². The van der Waals surface area contributed by atoms with Crippen molar-refractivity contribution in [3.05, 3.63) is 17.5 Å². The molecule has 1 aromatic rings. The number of alkyl halides is 3. The lowest BCUT2D eigenvalue weighted by atomic mass is 10.0. The van der Waals surface area contributed by atoms with Gasteiger partial charge in [-0.05, 0) is 31.7 Å². The van der Waals surface area contributed by atoms with Crippen molar-refractivity contribution in [2.45, 2.75) is 44.9 Å². The first-order chi connectivity index (χ1) is 10.2. The standard InChI is InChI=1S/C13H16F3N3O3/c1-8-6-18(17-11(8)13(14,15)16)7-10(20)19-5-3-2-4-9(19)12(21)22/h6,9H,2-5,7H2,1H3,(H,21,22). The maximum absolute atomic E-state index is 12.7. The van der Waals surface area contributed by atoms with Gasteiger partial charge in [0.15, 0.2) is 5.69 Å². The average Bonchev–Trinajstić information content (AvgIpc) is 2.79. The van der Waals surface area contributed by atoms with Crippen molar-refractivity contribution in [3.8, 4) is 0 Å². The number of hydrogen-bond donors (Lipinski definition) is 1. The number of carboxylic acids is 1. The molecule has 0 saturated carbocycles. The molecule has 0 aromatic carbocycles. The molecule has 1 aliphatic heterocycles. The molecule has 0 radical (unpaired) electrons. The number of likely N-dealkylation sites (tertiary alicyclic amines) is 1. The van der Waals surface area contributed by atoms with Gasteiger partial charge in [0.2, 0.25) is 5.91 Å². The maximum atomic E-state index is 12.7. The van der Waals surface area contributed by atoms with E-state index in [9.17, 15) is 22.8 Å². The SMILES string of the molecule is Cc1cn(CC(=O)N2CCCCC2C(=O)O)nc1C(F)(F)F. The number of hydrogen-bond acceptors (Lipinski definition) is 3. The second kappa shape index (κ2) is 5.98. The fourth-order valence-corrected chi connectivity index (χ4v) is 2.60. The molecule has 0 bridgehead atoms. The zero-order chi connectivity index (χ0) is 16.5. The van der Waals surface area contributed by atoms with Crippen LogP contribution in [-0.2, 0) is 22.3 Å². The Morgan fingerprint density at radius 3 is 2.64 bits per heavy atom. The van der Waals surface area contributed by atoms with E-state index in [1.807, 2.05) is 0 Å². The zero-order valence-corrected chi connectivity index (χ0v) is 11.9. The molecule has 2 heterocycles. The van der Waals surface area contributed by atoms with Crippen molar-refractivity contribution in [3.63, 3.8) is 0 Å². The van der Waals surface area contributed by atoms with E-state index in [1.165, 1.54) is 11.8 Å². The number of aliphatic carboxylic acids is 1. The fourth-order valence-electron chi connectivity index (χ4n) is 2.60. The molecule has 0 spiro atoms. The summed E-state index contributed by atoms with van der Waals surface area (Å²) in [5.74, 6) is -1.64. The summed E-state index contributed by atoms with van der Waals surface area (Å²) in [6, 6.07) is -0.917. The number of halogens is 3. The van der Waals surface area contributed by atoms with Gasteiger partial charge in [-0.2, -0.15) is 18.3 Å². The Kier molecular flexibility index (Phi) is 4.43. The average molecular weight is 319 g/mol. The number of carboxylic acid groups (broad SMARTS) is 1. The Balaban J connectivity index is 2.13. The summed E-state index contributed by atoms with van der Waals surface area (Å²) in [6.45, 7) is 1.15. The highest BCUT2D eigenvalue weighted by molar-refractivity contribution is 5.83. The Labute approximate surface area is 124 Å².